The molecule has 1 aromatic heterocycles. The number of hydrogen-bond acceptors (Lipinski definition) is 7. The van der Waals surface area contributed by atoms with Gasteiger partial charge in [0.2, 0.25) is 0 Å². The van der Waals surface area contributed by atoms with Crippen molar-refractivity contribution in [2.45, 2.75) is 34.1 Å². The number of fused-ring (bicyclic) bond motifs is 1. The molecule has 0 aromatic carbocycles. The van der Waals surface area contributed by atoms with Crippen LogP contribution in [0.25, 0.3) is 5.57 Å². The Labute approximate surface area is 182 Å². The number of aromatic nitrogens is 1. The standard InChI is InChI=1S/C22H31N5O4/c1-14(28)31-12-20(29)27-10-16-8-15(9-17(16)11-27)18-6-7-19(23-13-22(2,3)4)21(24-18)26(5)25-30/h6-8,16-17,23H,9-13H2,1-5H3. The van der Waals surface area contributed by atoms with E-state index < -0.39 is 5.97 Å². The van der Waals surface area contributed by atoms with E-state index in [-0.39, 0.29) is 23.8 Å². The molecule has 31 heavy (non-hydrogen) atoms. The Bertz CT molecular complexity index is 892. The number of esters is 1. The highest BCUT2D eigenvalue weighted by Crippen LogP contribution is 2.41. The first-order valence-corrected chi connectivity index (χ1v) is 10.5. The van der Waals surface area contributed by atoms with Crippen molar-refractivity contribution in [1.29, 1.82) is 0 Å². The van der Waals surface area contributed by atoms with E-state index in [9.17, 15) is 14.5 Å². The normalized spacial score (nSPS) is 20.2. The van der Waals surface area contributed by atoms with Crippen molar-refractivity contribution < 1.29 is 14.3 Å². The fraction of sp³-hybridized carbons (Fsp3) is 0.591. The van der Waals surface area contributed by atoms with Crippen molar-refractivity contribution in [3.05, 3.63) is 28.8 Å². The molecule has 1 N–H and O–H groups in total. The van der Waals surface area contributed by atoms with Crippen molar-refractivity contribution in [2.24, 2.45) is 22.5 Å². The third-order valence-electron chi connectivity index (χ3n) is 5.58. The zero-order chi connectivity index (χ0) is 22.8. The Kier molecular flexibility index (Phi) is 6.62. The predicted octanol–water partition coefficient (Wildman–Crippen LogP) is 3.08. The number of allylic oxidation sites excluding steroid dienone is 1. The fourth-order valence-corrected chi connectivity index (χ4v) is 3.97. The van der Waals surface area contributed by atoms with Crippen LogP contribution in [0.15, 0.2) is 23.5 Å². The number of nitroso groups, excluding NO2 is 1. The highest BCUT2D eigenvalue weighted by molar-refractivity contribution is 5.81. The average molecular weight is 430 g/mol. The third kappa shape index (κ3) is 5.59. The Balaban J connectivity index is 1.72. The maximum absolute atomic E-state index is 12.2. The summed E-state index contributed by atoms with van der Waals surface area (Å²) in [4.78, 5) is 40.8. The summed E-state index contributed by atoms with van der Waals surface area (Å²) in [5.74, 6) is 0.456. The van der Waals surface area contributed by atoms with Gasteiger partial charge in [-0.2, -0.15) is 0 Å². The van der Waals surface area contributed by atoms with Crippen LogP contribution in [-0.4, -0.2) is 55.0 Å². The lowest BCUT2D eigenvalue weighted by atomic mass is 9.97. The number of pyridine rings is 1. The van der Waals surface area contributed by atoms with E-state index in [4.69, 9.17) is 9.72 Å². The largest absolute Gasteiger partial charge is 0.456 e. The molecule has 2 heterocycles. The van der Waals surface area contributed by atoms with Crippen molar-refractivity contribution in [1.82, 2.24) is 9.88 Å². The Hall–Kier alpha value is -2.97. The summed E-state index contributed by atoms with van der Waals surface area (Å²) in [5, 5.41) is 7.63. The summed E-state index contributed by atoms with van der Waals surface area (Å²) in [7, 11) is 1.59. The van der Waals surface area contributed by atoms with Crippen LogP contribution >= 0.6 is 0 Å². The van der Waals surface area contributed by atoms with E-state index in [0.29, 0.717) is 24.8 Å². The summed E-state index contributed by atoms with van der Waals surface area (Å²) in [6.07, 6.45) is 2.98. The van der Waals surface area contributed by atoms with Gasteiger partial charge in [-0.25, -0.2) is 9.99 Å². The molecule has 0 saturated carbocycles. The second kappa shape index (κ2) is 9.03. The Morgan fingerprint density at radius 3 is 2.68 bits per heavy atom. The van der Waals surface area contributed by atoms with E-state index in [1.54, 1.807) is 11.9 Å². The molecule has 1 saturated heterocycles. The van der Waals surface area contributed by atoms with Gasteiger partial charge in [0.05, 0.1) is 16.7 Å². The first-order chi connectivity index (χ1) is 14.6. The van der Waals surface area contributed by atoms with Gasteiger partial charge in [-0.15, -0.1) is 4.91 Å². The van der Waals surface area contributed by atoms with Gasteiger partial charge in [-0.05, 0) is 41.4 Å². The molecule has 1 aliphatic carbocycles. The van der Waals surface area contributed by atoms with Gasteiger partial charge >= 0.3 is 5.97 Å². The van der Waals surface area contributed by atoms with Crippen molar-refractivity contribution in [3.8, 4) is 0 Å². The van der Waals surface area contributed by atoms with Crippen molar-refractivity contribution in [3.63, 3.8) is 0 Å². The molecule has 0 radical (unpaired) electrons. The van der Waals surface area contributed by atoms with Crippen LogP contribution in [0.2, 0.25) is 0 Å². The number of nitrogens with zero attached hydrogens (tertiary/aromatic N) is 4. The van der Waals surface area contributed by atoms with E-state index in [0.717, 1.165) is 29.9 Å². The highest BCUT2D eigenvalue weighted by Gasteiger charge is 2.38. The van der Waals surface area contributed by atoms with Crippen LogP contribution in [0, 0.1) is 22.2 Å². The number of ether oxygens (including phenoxy) is 1. The summed E-state index contributed by atoms with van der Waals surface area (Å²) in [6.45, 7) is 9.47. The van der Waals surface area contributed by atoms with E-state index in [1.807, 2.05) is 12.1 Å². The number of likely N-dealkylation sites (tertiary alicyclic amines) is 1. The van der Waals surface area contributed by atoms with E-state index in [1.165, 1.54) is 11.9 Å². The molecule has 2 aliphatic rings. The van der Waals surface area contributed by atoms with Gasteiger partial charge in [0.15, 0.2) is 12.4 Å². The minimum atomic E-state index is -0.452. The summed E-state index contributed by atoms with van der Waals surface area (Å²) >= 11 is 0. The summed E-state index contributed by atoms with van der Waals surface area (Å²) in [5.41, 5.74) is 2.78. The molecule has 0 bridgehead atoms. The van der Waals surface area contributed by atoms with Crippen LogP contribution in [0.1, 0.15) is 39.8 Å². The minimum Gasteiger partial charge on any atom is -0.456 e. The molecule has 3 rings (SSSR count). The molecule has 168 valence electrons. The second-order valence-corrected chi connectivity index (χ2v) is 9.49. The lowest BCUT2D eigenvalue weighted by molar-refractivity contribution is -0.149. The molecular formula is C22H31N5O4. The highest BCUT2D eigenvalue weighted by atomic mass is 16.5. The quantitative estimate of drug-likeness (QED) is 0.403. The fourth-order valence-electron chi connectivity index (χ4n) is 3.97. The van der Waals surface area contributed by atoms with Crippen LogP contribution in [0.4, 0.5) is 11.5 Å². The number of amides is 1. The monoisotopic (exact) mass is 429 g/mol. The number of nitrogens with one attached hydrogen (secondary N) is 1. The zero-order valence-electron chi connectivity index (χ0n) is 18.8. The predicted molar refractivity (Wildman–Crippen MR) is 119 cm³/mol. The number of carbonyl (C=O) groups excluding carboxylic acids is 2. The smallest absolute Gasteiger partial charge is 0.303 e. The zero-order valence-corrected chi connectivity index (χ0v) is 18.8. The second-order valence-electron chi connectivity index (χ2n) is 9.49. The number of anilines is 2. The van der Waals surface area contributed by atoms with Crippen LogP contribution < -0.4 is 10.3 Å². The lowest BCUT2D eigenvalue weighted by Crippen LogP contribution is -2.33. The van der Waals surface area contributed by atoms with Gasteiger partial charge in [-0.1, -0.05) is 26.8 Å². The first kappa shape index (κ1) is 22.7. The van der Waals surface area contributed by atoms with Crippen molar-refractivity contribution >= 4 is 29.0 Å². The first-order valence-electron chi connectivity index (χ1n) is 10.5. The lowest BCUT2D eigenvalue weighted by Gasteiger charge is -2.22. The van der Waals surface area contributed by atoms with Gasteiger partial charge in [0, 0.05) is 33.6 Å². The van der Waals surface area contributed by atoms with Crippen molar-refractivity contribution in [2.75, 3.05) is 43.6 Å². The maximum atomic E-state index is 12.2. The molecular weight excluding hydrogens is 398 g/mol. The van der Waals surface area contributed by atoms with Gasteiger partial charge in [0.25, 0.3) is 5.91 Å². The summed E-state index contributed by atoms with van der Waals surface area (Å²) in [6, 6.07) is 3.90. The number of carbonyl (C=O) groups is 2. The number of hydrogen-bond donors (Lipinski definition) is 1. The molecule has 1 aliphatic heterocycles. The molecule has 2 unspecified atom stereocenters. The summed E-state index contributed by atoms with van der Waals surface area (Å²) < 4.78 is 4.83. The van der Waals surface area contributed by atoms with E-state index >= 15 is 0 Å². The van der Waals surface area contributed by atoms with Gasteiger partial charge < -0.3 is 15.0 Å². The number of rotatable bonds is 7. The molecule has 9 heteroatoms. The minimum absolute atomic E-state index is 0.0767. The third-order valence-corrected chi connectivity index (χ3v) is 5.58. The van der Waals surface area contributed by atoms with Crippen LogP contribution in [0.3, 0.4) is 0 Å². The molecule has 2 atom stereocenters. The van der Waals surface area contributed by atoms with Gasteiger partial charge in [0.1, 0.15) is 0 Å². The van der Waals surface area contributed by atoms with Gasteiger partial charge in [-0.3, -0.25) is 9.59 Å². The van der Waals surface area contributed by atoms with E-state index in [2.05, 4.69) is 37.4 Å². The van der Waals surface area contributed by atoms with Crippen LogP contribution in [0.5, 0.6) is 0 Å². The average Bonchev–Trinajstić information content (AvgIpc) is 3.28. The molecule has 1 aromatic rings. The molecule has 9 nitrogen and oxygen atoms in total. The maximum Gasteiger partial charge on any atom is 0.303 e. The molecule has 0 spiro atoms. The SMILES string of the molecule is CC(=O)OCC(=O)N1CC2C=C(c3ccc(NCC(C)(C)C)c(N(C)N=O)n3)CC2C1. The topological polar surface area (TPSA) is 104 Å². The Morgan fingerprint density at radius 2 is 2.06 bits per heavy atom. The van der Waals surface area contributed by atoms with Crippen LogP contribution in [-0.2, 0) is 14.3 Å². The Morgan fingerprint density at radius 1 is 1.32 bits per heavy atom. The molecule has 1 fully saturated rings. The molecule has 1 amide bonds.